The smallest absolute Gasteiger partial charge is 0.139 e. The second-order valence-corrected chi connectivity index (χ2v) is 1.76. The number of ketones is 1. The Morgan fingerprint density at radius 1 is 1.67 bits per heavy atom. The molecule has 0 heterocycles. The van der Waals surface area contributed by atoms with Crippen LogP contribution in [-0.2, 0) is 9.59 Å². The number of rotatable bonds is 3. The van der Waals surface area contributed by atoms with Crippen molar-refractivity contribution in [3.63, 3.8) is 0 Å². The van der Waals surface area contributed by atoms with Gasteiger partial charge in [-0.1, -0.05) is 6.92 Å². The molecule has 3 heteroatoms. The Balaban J connectivity index is 0. The maximum absolute atomic E-state index is 10.4. The number of aldehydes is 1. The van der Waals surface area contributed by atoms with Gasteiger partial charge >= 0.3 is 0 Å². The topological polar surface area (TPSA) is 34.1 Å². The predicted octanol–water partition coefficient (Wildman–Crippen LogP) is 0.420. The second kappa shape index (κ2) is 6.46. The maximum Gasteiger partial charge on any atom is 0.139 e. The van der Waals surface area contributed by atoms with E-state index in [1.807, 2.05) is 6.92 Å². The molecule has 0 saturated carbocycles. The van der Waals surface area contributed by atoms with E-state index in [1.165, 1.54) is 6.92 Å². The van der Waals surface area contributed by atoms with Crippen LogP contribution in [0, 0.1) is 5.92 Å². The van der Waals surface area contributed by atoms with E-state index in [4.69, 9.17) is 0 Å². The average molecular weight is 137 g/mol. The van der Waals surface area contributed by atoms with Crippen molar-refractivity contribution in [3.05, 3.63) is 0 Å². The zero-order valence-electron chi connectivity index (χ0n) is 6.18. The van der Waals surface area contributed by atoms with Crippen LogP contribution >= 0.6 is 0 Å². The van der Waals surface area contributed by atoms with Gasteiger partial charge in [0.2, 0.25) is 0 Å². The Labute approximate surface area is 77.3 Å². The van der Waals surface area contributed by atoms with Gasteiger partial charge in [-0.25, -0.2) is 0 Å². The molecule has 0 aromatic rings. The van der Waals surface area contributed by atoms with Crippen molar-refractivity contribution in [2.45, 2.75) is 20.3 Å². The molecule has 0 aromatic carbocycles. The van der Waals surface area contributed by atoms with E-state index >= 15 is 0 Å². The van der Waals surface area contributed by atoms with Crippen LogP contribution in [0.15, 0.2) is 0 Å². The summed E-state index contributed by atoms with van der Waals surface area (Å²) in [5, 5.41) is 0. The summed E-state index contributed by atoms with van der Waals surface area (Å²) >= 11 is 0. The van der Waals surface area contributed by atoms with Crippen molar-refractivity contribution in [2.75, 3.05) is 0 Å². The van der Waals surface area contributed by atoms with Crippen molar-refractivity contribution >= 4 is 41.6 Å². The normalized spacial score (nSPS) is 11.3. The van der Waals surface area contributed by atoms with Gasteiger partial charge in [0, 0.05) is 29.6 Å². The van der Waals surface area contributed by atoms with Crippen LogP contribution < -0.4 is 0 Å². The van der Waals surface area contributed by atoms with Crippen molar-refractivity contribution < 1.29 is 9.59 Å². The van der Waals surface area contributed by atoms with Crippen LogP contribution in [0.1, 0.15) is 20.3 Å². The molecule has 0 saturated heterocycles. The molecule has 47 valence electrons. The third-order valence-corrected chi connectivity index (χ3v) is 1.13. The molecule has 0 fully saturated rings. The van der Waals surface area contributed by atoms with Crippen molar-refractivity contribution in [2.24, 2.45) is 5.92 Å². The molecule has 1 radical (unpaired) electrons. The molecule has 1 atom stereocenters. The minimum Gasteiger partial charge on any atom is -0.303 e. The summed E-state index contributed by atoms with van der Waals surface area (Å²) in [7, 11) is 0. The predicted molar refractivity (Wildman–Crippen MR) is 36.3 cm³/mol. The Bertz CT molecular complexity index is 101. The molecule has 9 heavy (non-hydrogen) atoms. The van der Waals surface area contributed by atoms with Gasteiger partial charge in [-0.3, -0.25) is 4.79 Å². The molecular weight excluding hydrogens is 127 g/mol. The molecule has 0 aliphatic carbocycles. The van der Waals surface area contributed by atoms with Gasteiger partial charge < -0.3 is 4.79 Å². The Hall–Kier alpha value is 0.340. The van der Waals surface area contributed by atoms with Gasteiger partial charge in [0.15, 0.2) is 0 Å². The van der Waals surface area contributed by atoms with E-state index in [9.17, 15) is 9.59 Å². The fourth-order valence-electron chi connectivity index (χ4n) is 0.480. The first-order chi connectivity index (χ1) is 3.72. The quantitative estimate of drug-likeness (QED) is 0.321. The van der Waals surface area contributed by atoms with Gasteiger partial charge in [0.05, 0.1) is 5.92 Å². The van der Waals surface area contributed by atoms with E-state index in [0.717, 1.165) is 0 Å². The van der Waals surface area contributed by atoms with Gasteiger partial charge in [0.25, 0.3) is 0 Å². The molecule has 0 spiro atoms. The Kier molecular flexibility index (Phi) is 8.66. The number of Topliss-reactive ketones (excluding diaryl/α,β-unsaturated/α-hetero) is 1. The Morgan fingerprint density at radius 3 is 2.11 bits per heavy atom. The van der Waals surface area contributed by atoms with Crippen LogP contribution in [0.3, 0.4) is 0 Å². The van der Waals surface area contributed by atoms with Gasteiger partial charge in [-0.15, -0.1) is 0 Å². The van der Waals surface area contributed by atoms with E-state index < -0.39 is 0 Å². The molecule has 0 rings (SSSR count). The van der Waals surface area contributed by atoms with Crippen LogP contribution in [0.4, 0.5) is 0 Å². The zero-order valence-corrected chi connectivity index (χ0v) is 8.18. The van der Waals surface area contributed by atoms with Gasteiger partial charge in [-0.2, -0.15) is 0 Å². The summed E-state index contributed by atoms with van der Waals surface area (Å²) in [5.41, 5.74) is 0. The van der Waals surface area contributed by atoms with Crippen molar-refractivity contribution in [1.82, 2.24) is 0 Å². The number of carbonyl (C=O) groups is 2. The van der Waals surface area contributed by atoms with Crippen LogP contribution in [0.25, 0.3) is 0 Å². The molecule has 0 N–H and O–H groups in total. The van der Waals surface area contributed by atoms with E-state index in [2.05, 4.69) is 0 Å². The minimum atomic E-state index is -0.366. The first-order valence-electron chi connectivity index (χ1n) is 2.68. The molecule has 0 amide bonds. The van der Waals surface area contributed by atoms with Gasteiger partial charge in [-0.05, 0) is 13.3 Å². The number of hydrogen-bond acceptors (Lipinski definition) is 2. The van der Waals surface area contributed by atoms with Crippen LogP contribution in [0.2, 0.25) is 0 Å². The molecule has 0 aliphatic heterocycles. The van der Waals surface area contributed by atoms with Gasteiger partial charge in [0.1, 0.15) is 12.1 Å². The summed E-state index contributed by atoms with van der Waals surface area (Å²) in [6.45, 7) is 3.25. The number of hydrogen-bond donors (Lipinski definition) is 0. The maximum atomic E-state index is 10.4. The average Bonchev–Trinajstić information content (AvgIpc) is 1.69. The molecular formula is C6H10NaO2. The molecule has 0 aliphatic rings. The summed E-state index contributed by atoms with van der Waals surface area (Å²) in [6, 6.07) is 0. The first-order valence-corrected chi connectivity index (χ1v) is 2.68. The minimum absolute atomic E-state index is 0. The summed E-state index contributed by atoms with van der Waals surface area (Å²) < 4.78 is 0. The first kappa shape index (κ1) is 12.1. The molecule has 1 unspecified atom stereocenters. The second-order valence-electron chi connectivity index (χ2n) is 1.76. The van der Waals surface area contributed by atoms with Crippen molar-refractivity contribution in [1.29, 1.82) is 0 Å². The summed E-state index contributed by atoms with van der Waals surface area (Å²) in [5.74, 6) is -0.405. The molecule has 0 bridgehead atoms. The monoisotopic (exact) mass is 137 g/mol. The standard InChI is InChI=1S/C6H10O2.Na/c1-3-6(4-7)5(2)8;/h4,6H,3H2,1-2H3;. The van der Waals surface area contributed by atoms with Crippen LogP contribution in [-0.4, -0.2) is 41.6 Å². The third-order valence-electron chi connectivity index (χ3n) is 1.13. The largest absolute Gasteiger partial charge is 0.303 e. The zero-order chi connectivity index (χ0) is 6.57. The van der Waals surface area contributed by atoms with E-state index in [0.29, 0.717) is 12.7 Å². The summed E-state index contributed by atoms with van der Waals surface area (Å²) in [4.78, 5) is 20.3. The fourth-order valence-corrected chi connectivity index (χ4v) is 0.480. The van der Waals surface area contributed by atoms with E-state index in [1.54, 1.807) is 0 Å². The fraction of sp³-hybridized carbons (Fsp3) is 0.667. The van der Waals surface area contributed by atoms with E-state index in [-0.39, 0.29) is 41.3 Å². The Morgan fingerprint density at radius 2 is 2.11 bits per heavy atom. The molecule has 0 aromatic heterocycles. The third kappa shape index (κ3) is 4.82. The number of carbonyl (C=O) groups excluding carboxylic acids is 2. The van der Waals surface area contributed by atoms with Crippen LogP contribution in [0.5, 0.6) is 0 Å². The van der Waals surface area contributed by atoms with Crippen molar-refractivity contribution in [3.8, 4) is 0 Å². The SMILES string of the molecule is CCC(C=O)C(C)=O.[Na]. The summed E-state index contributed by atoms with van der Waals surface area (Å²) in [6.07, 6.45) is 1.32. The molecule has 2 nitrogen and oxygen atoms in total.